The van der Waals surface area contributed by atoms with Crippen molar-refractivity contribution in [3.8, 4) is 38.1 Å². The molecule has 0 aliphatic carbocycles. The monoisotopic (exact) mass is 1040 g/mol. The highest BCUT2D eigenvalue weighted by Crippen LogP contribution is 2.41. The molecule has 4 atom stereocenters. The number of carbonyl (C=O) groups excluding carboxylic acids is 5. The Hall–Kier alpha value is -7.77. The summed E-state index contributed by atoms with van der Waals surface area (Å²) < 4.78 is 12.1. The maximum absolute atomic E-state index is 14.1. The van der Waals surface area contributed by atoms with Crippen molar-refractivity contribution in [2.45, 2.75) is 65.3 Å². The van der Waals surface area contributed by atoms with Crippen LogP contribution in [-0.2, 0) is 19.1 Å². The van der Waals surface area contributed by atoms with Crippen LogP contribution in [0.5, 0.6) is 17.2 Å². The molecule has 0 bridgehead atoms. The van der Waals surface area contributed by atoms with Gasteiger partial charge in [-0.25, -0.2) is 10.4 Å². The summed E-state index contributed by atoms with van der Waals surface area (Å²) in [6.45, 7) is 9.04. The molecule has 1 aliphatic heterocycles. The highest BCUT2D eigenvalue weighted by atomic mass is 32.1. The molecule has 4 amide bonds. The van der Waals surface area contributed by atoms with Crippen LogP contribution in [0.2, 0.25) is 0 Å². The molecule has 6 N–H and O–H groups in total. The van der Waals surface area contributed by atoms with Gasteiger partial charge in [0.15, 0.2) is 5.78 Å². The van der Waals surface area contributed by atoms with Gasteiger partial charge < -0.3 is 40.3 Å². The summed E-state index contributed by atoms with van der Waals surface area (Å²) in [6, 6.07) is 30.1. The molecular weight excluding hydrogens is 981 g/mol. The van der Waals surface area contributed by atoms with Crippen LogP contribution in [0, 0.1) is 12.3 Å². The van der Waals surface area contributed by atoms with Crippen LogP contribution in [0.3, 0.4) is 0 Å². The number of carbonyl (C=O) groups is 5. The average Bonchev–Trinajstić information content (AvgIpc) is 4.12. The summed E-state index contributed by atoms with van der Waals surface area (Å²) in [7, 11) is 0. The zero-order chi connectivity index (χ0) is 52.7. The third kappa shape index (κ3) is 12.5. The van der Waals surface area contributed by atoms with Crippen molar-refractivity contribution in [3.05, 3.63) is 154 Å². The largest absolute Gasteiger partial charge is 0.508 e. The van der Waals surface area contributed by atoms with Gasteiger partial charge in [0.05, 0.1) is 41.0 Å². The number of hydrogen-bond acceptors (Lipinski definition) is 14. The van der Waals surface area contributed by atoms with E-state index in [2.05, 4.69) is 26.1 Å². The molecule has 0 unspecified atom stereocenters. The summed E-state index contributed by atoms with van der Waals surface area (Å²) in [5, 5.41) is 41.1. The van der Waals surface area contributed by atoms with Crippen LogP contribution in [-0.4, -0.2) is 105 Å². The third-order valence-corrected chi connectivity index (χ3v) is 14.7. The number of aliphatic hydroxyl groups excluding tert-OH is 1. The van der Waals surface area contributed by atoms with Gasteiger partial charge in [0.1, 0.15) is 42.5 Å². The Morgan fingerprint density at radius 3 is 2.18 bits per heavy atom. The molecule has 3 heterocycles. The molecule has 8 rings (SSSR count). The number of nitrogens with one attached hydrogen (secondary N) is 3. The highest BCUT2D eigenvalue weighted by Gasteiger charge is 2.44. The van der Waals surface area contributed by atoms with E-state index in [-0.39, 0.29) is 61.7 Å². The van der Waals surface area contributed by atoms with Crippen LogP contribution in [0.15, 0.2) is 126 Å². The van der Waals surface area contributed by atoms with E-state index in [4.69, 9.17) is 9.47 Å². The second-order valence-corrected chi connectivity index (χ2v) is 20.9. The van der Waals surface area contributed by atoms with Crippen LogP contribution < -0.4 is 20.8 Å². The smallest absolute Gasteiger partial charge is 0.271 e. The Kier molecular flexibility index (Phi) is 16.3. The van der Waals surface area contributed by atoms with Gasteiger partial charge in [0, 0.05) is 44.6 Å². The molecule has 0 spiro atoms. The summed E-state index contributed by atoms with van der Waals surface area (Å²) >= 11 is 2.92. The number of phenols is 2. The molecule has 18 heteroatoms. The van der Waals surface area contributed by atoms with E-state index in [0.717, 1.165) is 32.0 Å². The Bertz CT molecular complexity index is 3180. The second-order valence-electron chi connectivity index (χ2n) is 19.0. The molecule has 1 fully saturated rings. The molecule has 2 aromatic heterocycles. The number of β-amino-alcohol motifs (C(OH)–C–C–N with tert-alkyl or cyclic N) is 1. The fraction of sp³-hybridized carbons (Fsp3) is 0.268. The first kappa shape index (κ1) is 52.5. The highest BCUT2D eigenvalue weighted by molar-refractivity contribution is 7.22. The normalized spacial score (nSPS) is 15.5. The van der Waals surface area contributed by atoms with E-state index in [1.165, 1.54) is 28.5 Å². The fourth-order valence-corrected chi connectivity index (χ4v) is 10.6. The van der Waals surface area contributed by atoms with E-state index in [9.17, 15) is 39.3 Å². The van der Waals surface area contributed by atoms with Crippen LogP contribution in [0.25, 0.3) is 31.0 Å². The van der Waals surface area contributed by atoms with Crippen molar-refractivity contribution in [2.24, 2.45) is 10.5 Å². The lowest BCUT2D eigenvalue weighted by Gasteiger charge is -2.35. The minimum atomic E-state index is -1.01. The number of phenolic OH excluding ortho intramolecular Hbond substituents is 2. The number of aromatic hydroxyl groups is 2. The molecular formula is C56H56N6O10S2. The number of benzene rings is 5. The number of likely N-dealkylation sites (tertiary alicyclic amines) is 1. The van der Waals surface area contributed by atoms with Gasteiger partial charge in [0.2, 0.25) is 17.7 Å². The number of amides is 4. The number of aliphatic hydroxyl groups is 1. The first-order valence-corrected chi connectivity index (χ1v) is 25.6. The molecule has 1 saturated heterocycles. The van der Waals surface area contributed by atoms with E-state index in [1.54, 1.807) is 102 Å². The lowest BCUT2D eigenvalue weighted by molar-refractivity contribution is -0.144. The summed E-state index contributed by atoms with van der Waals surface area (Å²) in [5.74, 6) is -1.44. The number of hydrazone groups is 1. The van der Waals surface area contributed by atoms with Crippen LogP contribution in [0.4, 0.5) is 0 Å². The number of thiazole rings is 1. The number of aryl methyl sites for hydroxylation is 1. The zero-order valence-electron chi connectivity index (χ0n) is 41.3. The van der Waals surface area contributed by atoms with Crippen molar-refractivity contribution in [1.82, 2.24) is 25.9 Å². The average molecular weight is 1040 g/mol. The van der Waals surface area contributed by atoms with E-state index in [1.807, 2.05) is 58.9 Å². The number of aromatic nitrogens is 1. The number of thiophene rings is 1. The predicted molar refractivity (Wildman–Crippen MR) is 285 cm³/mol. The Labute approximate surface area is 435 Å². The van der Waals surface area contributed by atoms with E-state index in [0.29, 0.717) is 32.7 Å². The third-order valence-electron chi connectivity index (χ3n) is 12.5. The molecule has 16 nitrogen and oxygen atoms in total. The first-order chi connectivity index (χ1) is 35.4. The van der Waals surface area contributed by atoms with Crippen molar-refractivity contribution >= 4 is 68.4 Å². The summed E-state index contributed by atoms with van der Waals surface area (Å²) in [4.78, 5) is 75.2. The van der Waals surface area contributed by atoms with Crippen LogP contribution >= 0.6 is 22.7 Å². The molecule has 0 radical (unpaired) electrons. The number of rotatable bonds is 18. The van der Waals surface area contributed by atoms with E-state index < -0.39 is 47.2 Å². The van der Waals surface area contributed by atoms with E-state index >= 15 is 0 Å². The van der Waals surface area contributed by atoms with Crippen molar-refractivity contribution in [2.75, 3.05) is 26.4 Å². The molecule has 7 aromatic rings. The number of nitrogens with zero attached hydrogens (tertiary/aromatic N) is 3. The lowest BCUT2D eigenvalue weighted by atomic mass is 9.85. The SMILES string of the molecule is Cc1ncsc1-c1ccc([C@H](C)NC(=O)[C@@H]2C[C@@H](O)CN2C(=O)[C@@H](NC(=O)COCCOc2ccc(/C=N/NC(=O)c3ccc(C(=O)c4c(-c5ccc(O)cc5)sc5cc(O)ccc45)cc3)cc2)C(C)(C)C)cc1. The standard InChI is InChI=1S/C56H56N6O10S2/c1-32(35-8-12-37(13-9-35)50-33(2)57-31-73-50)59-54(69)45-26-42(65)29-62(45)55(70)52(56(3,4)5)60-47(66)30-71-24-25-72-43-21-6-34(7-22-43)28-58-61-53(68)39-14-10-36(11-15-39)49(67)48-44-23-20-41(64)27-46(44)74-51(48)38-16-18-40(63)19-17-38/h6-23,27-28,31-32,42,45,52,63-65H,24-26,29-30H2,1-5H3,(H,59,69)(H,60,66)(H,61,68)/b58-28+/t32-,42+,45-,52+/m0/s1. The number of fused-ring (bicyclic) bond motifs is 1. The lowest BCUT2D eigenvalue weighted by Crippen LogP contribution is -2.58. The molecule has 382 valence electrons. The Morgan fingerprint density at radius 1 is 0.838 bits per heavy atom. The van der Waals surface area contributed by atoms with Gasteiger partial charge in [-0.3, -0.25) is 24.0 Å². The maximum atomic E-state index is 14.1. The van der Waals surface area contributed by atoms with Gasteiger partial charge in [-0.2, -0.15) is 5.10 Å². The topological polar surface area (TPSA) is 229 Å². The Balaban J connectivity index is 0.772. The van der Waals surface area contributed by atoms with Gasteiger partial charge >= 0.3 is 0 Å². The van der Waals surface area contributed by atoms with Gasteiger partial charge in [0.25, 0.3) is 5.91 Å². The van der Waals surface area contributed by atoms with Gasteiger partial charge in [-0.05, 0) is 120 Å². The number of hydrogen-bond donors (Lipinski definition) is 6. The second kappa shape index (κ2) is 23.0. The minimum absolute atomic E-state index is 0.0493. The van der Waals surface area contributed by atoms with Crippen molar-refractivity contribution in [3.63, 3.8) is 0 Å². The fourth-order valence-electron chi connectivity index (χ4n) is 8.53. The molecule has 74 heavy (non-hydrogen) atoms. The summed E-state index contributed by atoms with van der Waals surface area (Å²) in [5.41, 5.74) is 8.93. The molecule has 1 aliphatic rings. The minimum Gasteiger partial charge on any atom is -0.508 e. The number of ketones is 1. The van der Waals surface area contributed by atoms with Gasteiger partial charge in [-0.15, -0.1) is 22.7 Å². The predicted octanol–water partition coefficient (Wildman–Crippen LogP) is 8.17. The molecule has 5 aromatic carbocycles. The maximum Gasteiger partial charge on any atom is 0.271 e. The number of ether oxygens (including phenoxy) is 2. The van der Waals surface area contributed by atoms with Crippen LogP contribution in [0.1, 0.15) is 83.3 Å². The zero-order valence-corrected chi connectivity index (χ0v) is 43.0. The Morgan fingerprint density at radius 2 is 1.50 bits per heavy atom. The van der Waals surface area contributed by atoms with Crippen molar-refractivity contribution < 1.29 is 48.8 Å². The first-order valence-electron chi connectivity index (χ1n) is 23.9. The summed E-state index contributed by atoms with van der Waals surface area (Å²) in [6.07, 6.45) is 0.625. The van der Waals surface area contributed by atoms with Crippen molar-refractivity contribution in [1.29, 1.82) is 0 Å². The van der Waals surface area contributed by atoms with Gasteiger partial charge in [-0.1, -0.05) is 57.2 Å². The quantitative estimate of drug-likeness (QED) is 0.0208. The molecule has 0 saturated carbocycles.